The second kappa shape index (κ2) is 8.39. The van der Waals surface area contributed by atoms with E-state index in [0.717, 1.165) is 23.1 Å². The first-order chi connectivity index (χ1) is 11.7. The molecular formula is C15H19N5O2S2. The average molecular weight is 365 g/mol. The quantitative estimate of drug-likeness (QED) is 0.590. The lowest BCUT2D eigenvalue weighted by molar-refractivity contribution is 0.0948. The number of ether oxygens (including phenoxy) is 1. The molecule has 1 aliphatic heterocycles. The molecule has 0 aromatic carbocycles. The van der Waals surface area contributed by atoms with Gasteiger partial charge in [-0.1, -0.05) is 11.8 Å². The third-order valence-electron chi connectivity index (χ3n) is 3.47. The standard InChI is InChI=1S/C15H19N5O2S2/c1-20-10-18-19-15(20)24-8-6-16-13(21)12-3-2-5-17-14(12)22-11-4-7-23-9-11/h2-3,5,10-11H,4,6-9H2,1H3,(H,16,21). The number of aryl methyl sites for hydroxylation is 1. The van der Waals surface area contributed by atoms with E-state index in [2.05, 4.69) is 20.5 Å². The highest BCUT2D eigenvalue weighted by Gasteiger charge is 2.21. The van der Waals surface area contributed by atoms with Crippen LogP contribution in [0.4, 0.5) is 0 Å². The zero-order chi connectivity index (χ0) is 16.8. The Balaban J connectivity index is 1.51. The molecule has 2 aromatic rings. The van der Waals surface area contributed by atoms with Gasteiger partial charge in [-0.25, -0.2) is 4.98 Å². The van der Waals surface area contributed by atoms with Gasteiger partial charge in [0.15, 0.2) is 5.16 Å². The van der Waals surface area contributed by atoms with Crippen LogP contribution in [-0.4, -0.2) is 55.6 Å². The summed E-state index contributed by atoms with van der Waals surface area (Å²) in [7, 11) is 1.89. The Labute approximate surface area is 149 Å². The largest absolute Gasteiger partial charge is 0.473 e. The van der Waals surface area contributed by atoms with Crippen molar-refractivity contribution in [2.45, 2.75) is 17.7 Å². The Morgan fingerprint density at radius 3 is 3.25 bits per heavy atom. The van der Waals surface area contributed by atoms with Gasteiger partial charge in [0.2, 0.25) is 5.88 Å². The van der Waals surface area contributed by atoms with E-state index in [9.17, 15) is 4.79 Å². The molecule has 2 aromatic heterocycles. The van der Waals surface area contributed by atoms with E-state index in [1.54, 1.807) is 36.4 Å². The highest BCUT2D eigenvalue weighted by molar-refractivity contribution is 7.99. The molecule has 0 spiro atoms. The molecular weight excluding hydrogens is 346 g/mol. The van der Waals surface area contributed by atoms with Crippen molar-refractivity contribution in [1.29, 1.82) is 0 Å². The van der Waals surface area contributed by atoms with Crippen molar-refractivity contribution >= 4 is 29.4 Å². The normalized spacial score (nSPS) is 17.0. The SMILES string of the molecule is Cn1cnnc1SCCNC(=O)c1cccnc1OC1CCSC1. The molecule has 0 bridgehead atoms. The van der Waals surface area contributed by atoms with Crippen molar-refractivity contribution in [2.24, 2.45) is 7.05 Å². The summed E-state index contributed by atoms with van der Waals surface area (Å²) in [4.78, 5) is 16.6. The van der Waals surface area contributed by atoms with Gasteiger partial charge in [-0.2, -0.15) is 11.8 Å². The number of carbonyl (C=O) groups excluding carboxylic acids is 1. The summed E-state index contributed by atoms with van der Waals surface area (Å²) in [6.07, 6.45) is 4.44. The number of pyridine rings is 1. The van der Waals surface area contributed by atoms with Crippen LogP contribution in [0, 0.1) is 0 Å². The number of thioether (sulfide) groups is 2. The summed E-state index contributed by atoms with van der Waals surface area (Å²) in [5, 5.41) is 11.5. The predicted octanol–water partition coefficient (Wildman–Crippen LogP) is 1.62. The van der Waals surface area contributed by atoms with Crippen molar-refractivity contribution < 1.29 is 9.53 Å². The molecule has 0 aliphatic carbocycles. The lowest BCUT2D eigenvalue weighted by Gasteiger charge is -2.14. The second-order valence-corrected chi connectivity index (χ2v) is 7.50. The zero-order valence-corrected chi connectivity index (χ0v) is 15.0. The number of rotatable bonds is 7. The van der Waals surface area contributed by atoms with E-state index in [4.69, 9.17) is 4.74 Å². The smallest absolute Gasteiger partial charge is 0.256 e. The van der Waals surface area contributed by atoms with Crippen LogP contribution >= 0.6 is 23.5 Å². The van der Waals surface area contributed by atoms with Crippen molar-refractivity contribution in [2.75, 3.05) is 23.8 Å². The van der Waals surface area contributed by atoms with Crippen LogP contribution in [0.15, 0.2) is 29.8 Å². The van der Waals surface area contributed by atoms with E-state index < -0.39 is 0 Å². The number of nitrogens with one attached hydrogen (secondary N) is 1. The minimum Gasteiger partial charge on any atom is -0.473 e. The Kier molecular flexibility index (Phi) is 5.97. The molecule has 9 heteroatoms. The summed E-state index contributed by atoms with van der Waals surface area (Å²) in [6.45, 7) is 0.532. The molecule has 1 amide bonds. The van der Waals surface area contributed by atoms with Gasteiger partial charge >= 0.3 is 0 Å². The van der Waals surface area contributed by atoms with Crippen LogP contribution in [0.25, 0.3) is 0 Å². The lowest BCUT2D eigenvalue weighted by Crippen LogP contribution is -2.27. The number of hydrogen-bond donors (Lipinski definition) is 1. The van der Waals surface area contributed by atoms with Crippen molar-refractivity contribution in [3.05, 3.63) is 30.2 Å². The molecule has 3 heterocycles. The third-order valence-corrected chi connectivity index (χ3v) is 5.64. The Morgan fingerprint density at radius 2 is 2.50 bits per heavy atom. The lowest BCUT2D eigenvalue weighted by atomic mass is 10.2. The minimum atomic E-state index is -0.165. The Morgan fingerprint density at radius 1 is 1.58 bits per heavy atom. The number of nitrogens with zero attached hydrogens (tertiary/aromatic N) is 4. The van der Waals surface area contributed by atoms with Gasteiger partial charge in [-0.15, -0.1) is 10.2 Å². The highest BCUT2D eigenvalue weighted by atomic mass is 32.2. The first-order valence-electron chi connectivity index (χ1n) is 7.68. The van der Waals surface area contributed by atoms with Crippen molar-refractivity contribution in [1.82, 2.24) is 25.1 Å². The van der Waals surface area contributed by atoms with Gasteiger partial charge in [0.25, 0.3) is 5.91 Å². The molecule has 1 atom stereocenters. The van der Waals surface area contributed by atoms with Gasteiger partial charge in [0.1, 0.15) is 18.0 Å². The molecule has 24 heavy (non-hydrogen) atoms. The fourth-order valence-electron chi connectivity index (χ4n) is 2.23. The first kappa shape index (κ1) is 17.1. The molecule has 1 N–H and O–H groups in total. The maximum Gasteiger partial charge on any atom is 0.256 e. The maximum atomic E-state index is 12.4. The summed E-state index contributed by atoms with van der Waals surface area (Å²) >= 11 is 3.41. The average Bonchev–Trinajstić information content (AvgIpc) is 3.24. The molecule has 0 radical (unpaired) electrons. The molecule has 128 valence electrons. The van der Waals surface area contributed by atoms with Crippen LogP contribution in [-0.2, 0) is 7.05 Å². The topological polar surface area (TPSA) is 81.9 Å². The van der Waals surface area contributed by atoms with E-state index in [-0.39, 0.29) is 12.0 Å². The zero-order valence-electron chi connectivity index (χ0n) is 13.3. The maximum absolute atomic E-state index is 12.4. The van der Waals surface area contributed by atoms with Crippen LogP contribution in [0.2, 0.25) is 0 Å². The van der Waals surface area contributed by atoms with Gasteiger partial charge in [-0.3, -0.25) is 4.79 Å². The molecule has 7 nitrogen and oxygen atoms in total. The second-order valence-electron chi connectivity index (χ2n) is 5.29. The molecule has 0 saturated carbocycles. The Bertz CT molecular complexity index is 688. The third kappa shape index (κ3) is 4.41. The van der Waals surface area contributed by atoms with E-state index in [0.29, 0.717) is 23.7 Å². The van der Waals surface area contributed by atoms with Crippen LogP contribution in [0.3, 0.4) is 0 Å². The number of aromatic nitrogens is 4. The minimum absolute atomic E-state index is 0.142. The van der Waals surface area contributed by atoms with Gasteiger partial charge in [0.05, 0.1) is 0 Å². The fraction of sp³-hybridized carbons (Fsp3) is 0.467. The van der Waals surface area contributed by atoms with E-state index in [1.165, 1.54) is 0 Å². The van der Waals surface area contributed by atoms with Crippen molar-refractivity contribution in [3.63, 3.8) is 0 Å². The monoisotopic (exact) mass is 365 g/mol. The molecule has 1 saturated heterocycles. The summed E-state index contributed by atoms with van der Waals surface area (Å²) in [6, 6.07) is 3.50. The van der Waals surface area contributed by atoms with E-state index >= 15 is 0 Å². The summed E-state index contributed by atoms with van der Waals surface area (Å²) < 4.78 is 7.74. The number of carbonyl (C=O) groups is 1. The molecule has 1 fully saturated rings. The number of amides is 1. The Hall–Kier alpha value is -1.74. The van der Waals surface area contributed by atoms with Crippen LogP contribution in [0.5, 0.6) is 5.88 Å². The van der Waals surface area contributed by atoms with Gasteiger partial charge < -0.3 is 14.6 Å². The summed E-state index contributed by atoms with van der Waals surface area (Å²) in [5.41, 5.74) is 0.484. The van der Waals surface area contributed by atoms with E-state index in [1.807, 2.05) is 23.4 Å². The van der Waals surface area contributed by atoms with Crippen molar-refractivity contribution in [3.8, 4) is 5.88 Å². The van der Waals surface area contributed by atoms with Gasteiger partial charge in [-0.05, 0) is 24.3 Å². The fourth-order valence-corrected chi connectivity index (χ4v) is 4.06. The first-order valence-corrected chi connectivity index (χ1v) is 9.82. The molecule has 3 rings (SSSR count). The van der Waals surface area contributed by atoms with Gasteiger partial charge in [0, 0.05) is 31.3 Å². The predicted molar refractivity (Wildman–Crippen MR) is 94.7 cm³/mol. The highest BCUT2D eigenvalue weighted by Crippen LogP contribution is 2.24. The summed E-state index contributed by atoms with van der Waals surface area (Å²) in [5.74, 6) is 3.02. The van der Waals surface area contributed by atoms with Crippen LogP contribution < -0.4 is 10.1 Å². The number of hydrogen-bond acceptors (Lipinski definition) is 7. The molecule has 1 unspecified atom stereocenters. The molecule has 1 aliphatic rings. The van der Waals surface area contributed by atoms with Crippen LogP contribution in [0.1, 0.15) is 16.8 Å².